The number of hydrogen-bond donors (Lipinski definition) is 5. The monoisotopic (exact) mass is 596 g/mol. The summed E-state index contributed by atoms with van der Waals surface area (Å²) in [5, 5.41) is 36.4. The number of nitrogens with zero attached hydrogens (tertiary/aromatic N) is 7. The molecule has 5 aromatic rings. The van der Waals surface area contributed by atoms with Gasteiger partial charge in [-0.1, -0.05) is 60.7 Å². The van der Waals surface area contributed by atoms with E-state index < -0.39 is 18.4 Å². The third-order valence-corrected chi connectivity index (χ3v) is 8.25. The van der Waals surface area contributed by atoms with E-state index in [0.717, 1.165) is 19.5 Å². The minimum atomic E-state index is -1.19. The molecule has 0 aliphatic carbocycles. The first kappa shape index (κ1) is 28.3. The van der Waals surface area contributed by atoms with Gasteiger partial charge in [0.2, 0.25) is 11.8 Å². The van der Waals surface area contributed by atoms with Crippen LogP contribution < -0.4 is 16.0 Å². The summed E-state index contributed by atoms with van der Waals surface area (Å²) in [5.41, 5.74) is 3.26. The Morgan fingerprint density at radius 2 is 1.77 bits per heavy atom. The van der Waals surface area contributed by atoms with Crippen LogP contribution in [-0.4, -0.2) is 89.0 Å². The molecule has 2 saturated heterocycles. The van der Waals surface area contributed by atoms with Gasteiger partial charge in [0.05, 0.1) is 6.61 Å². The molecule has 7 rings (SSSR count). The van der Waals surface area contributed by atoms with Crippen LogP contribution in [0.1, 0.15) is 36.6 Å². The van der Waals surface area contributed by atoms with Crippen molar-refractivity contribution in [2.24, 2.45) is 0 Å². The molecule has 0 unspecified atom stereocenters. The molecule has 0 bridgehead atoms. The molecule has 2 aliphatic rings. The van der Waals surface area contributed by atoms with Crippen LogP contribution in [0.3, 0.4) is 0 Å². The lowest BCUT2D eigenvalue weighted by Crippen LogP contribution is -2.29. The molecule has 0 radical (unpaired) electrons. The third kappa shape index (κ3) is 5.50. The fourth-order valence-electron chi connectivity index (χ4n) is 5.88. The number of benzene rings is 2. The van der Waals surface area contributed by atoms with Crippen molar-refractivity contribution >= 4 is 22.9 Å². The van der Waals surface area contributed by atoms with Gasteiger partial charge >= 0.3 is 0 Å². The van der Waals surface area contributed by atoms with Crippen LogP contribution in [0.2, 0.25) is 0 Å². The maximum absolute atomic E-state index is 11.0. The third-order valence-electron chi connectivity index (χ3n) is 8.25. The molecular formula is C31H36N10O3. The van der Waals surface area contributed by atoms with Crippen molar-refractivity contribution in [3.63, 3.8) is 0 Å². The Labute approximate surface area is 254 Å². The largest absolute Gasteiger partial charge is 0.388 e. The molecule has 2 fully saturated rings. The molecule has 228 valence electrons. The van der Waals surface area contributed by atoms with Gasteiger partial charge in [-0.15, -0.1) is 5.10 Å². The molecule has 2 aromatic carbocycles. The van der Waals surface area contributed by atoms with Gasteiger partial charge in [-0.2, -0.15) is 9.97 Å². The zero-order valence-electron chi connectivity index (χ0n) is 24.4. The Hall–Kier alpha value is -4.43. The van der Waals surface area contributed by atoms with Crippen LogP contribution in [-0.2, 0) is 11.3 Å². The topological polar surface area (TPSA) is 160 Å². The van der Waals surface area contributed by atoms with Gasteiger partial charge in [0.1, 0.15) is 18.5 Å². The summed E-state index contributed by atoms with van der Waals surface area (Å²) >= 11 is 0. The van der Waals surface area contributed by atoms with Crippen molar-refractivity contribution in [1.29, 1.82) is 0 Å². The molecule has 0 spiro atoms. The Bertz CT molecular complexity index is 1660. The second kappa shape index (κ2) is 12.3. The lowest BCUT2D eigenvalue weighted by atomic mass is 9.91. The van der Waals surface area contributed by atoms with Gasteiger partial charge in [-0.25, -0.2) is 9.97 Å². The van der Waals surface area contributed by atoms with Crippen LogP contribution in [0.4, 0.5) is 11.8 Å². The summed E-state index contributed by atoms with van der Waals surface area (Å²) < 4.78 is 9.29. The first-order valence-corrected chi connectivity index (χ1v) is 15.1. The van der Waals surface area contributed by atoms with Crippen molar-refractivity contribution in [2.45, 2.75) is 50.3 Å². The predicted molar refractivity (Wildman–Crippen MR) is 165 cm³/mol. The van der Waals surface area contributed by atoms with E-state index in [-0.39, 0.29) is 18.6 Å². The minimum absolute atomic E-state index is 0.0212. The predicted octanol–water partition coefficient (Wildman–Crippen LogP) is 2.37. The maximum Gasteiger partial charge on any atom is 0.227 e. The molecule has 44 heavy (non-hydrogen) atoms. The molecule has 4 atom stereocenters. The second-order valence-electron chi connectivity index (χ2n) is 11.2. The van der Waals surface area contributed by atoms with E-state index in [1.54, 1.807) is 15.6 Å². The van der Waals surface area contributed by atoms with E-state index in [4.69, 9.17) is 19.7 Å². The highest BCUT2D eigenvalue weighted by molar-refractivity contribution is 5.87. The Kier molecular flexibility index (Phi) is 7.91. The minimum Gasteiger partial charge on any atom is -0.388 e. The van der Waals surface area contributed by atoms with Gasteiger partial charge < -0.3 is 30.9 Å². The first-order chi connectivity index (χ1) is 21.6. The molecule has 2 aliphatic heterocycles. The first-order valence-electron chi connectivity index (χ1n) is 15.1. The van der Waals surface area contributed by atoms with Crippen LogP contribution in [0, 0.1) is 0 Å². The van der Waals surface area contributed by atoms with Crippen molar-refractivity contribution in [1.82, 2.24) is 39.6 Å². The molecule has 0 saturated carbocycles. The number of aliphatic hydroxyl groups excluding tert-OH is 2. The molecule has 5 N–H and O–H groups in total. The molecule has 5 heterocycles. The van der Waals surface area contributed by atoms with Crippen LogP contribution in [0.5, 0.6) is 0 Å². The van der Waals surface area contributed by atoms with E-state index in [2.05, 4.69) is 50.3 Å². The Balaban J connectivity index is 1.35. The number of nitrogens with one attached hydrogen (secondary N) is 3. The second-order valence-corrected chi connectivity index (χ2v) is 11.2. The number of hydrogen-bond acceptors (Lipinski definition) is 11. The quantitative estimate of drug-likeness (QED) is 0.161. The summed E-state index contributed by atoms with van der Waals surface area (Å²) in [4.78, 5) is 19.3. The number of ether oxygens (including phenoxy) is 1. The lowest BCUT2D eigenvalue weighted by molar-refractivity contribution is -0.0153. The summed E-state index contributed by atoms with van der Waals surface area (Å²) in [6.07, 6.45) is -0.612. The van der Waals surface area contributed by atoms with Crippen LogP contribution in [0.15, 0.2) is 67.0 Å². The normalized spacial score (nSPS) is 21.8. The fourth-order valence-corrected chi connectivity index (χ4v) is 5.88. The van der Waals surface area contributed by atoms with E-state index in [0.29, 0.717) is 47.7 Å². The molecule has 3 aromatic heterocycles. The zero-order chi connectivity index (χ0) is 30.0. The van der Waals surface area contributed by atoms with Crippen molar-refractivity contribution in [3.8, 4) is 11.6 Å². The molecule has 13 heteroatoms. The van der Waals surface area contributed by atoms with E-state index in [1.165, 1.54) is 11.1 Å². The zero-order valence-corrected chi connectivity index (χ0v) is 24.4. The lowest BCUT2D eigenvalue weighted by Gasteiger charge is -2.21. The van der Waals surface area contributed by atoms with Gasteiger partial charge in [0, 0.05) is 31.6 Å². The molecule has 13 nitrogen and oxygen atoms in total. The number of fused-ring (bicyclic) bond motifs is 1. The van der Waals surface area contributed by atoms with Gasteiger partial charge in [0.15, 0.2) is 29.0 Å². The number of rotatable bonds is 10. The van der Waals surface area contributed by atoms with Crippen LogP contribution >= 0.6 is 0 Å². The SMILES string of the molecule is CCn1cnc(-c2nc3c(NCC(c4ccccc4)c4ccccc4)nc(N[C@@H]4CCNC4)nc3n2[C@@H]2OC[C@H](O)[C@H]2O)n1. The van der Waals surface area contributed by atoms with E-state index in [1.807, 2.05) is 43.3 Å². The molecule has 0 amide bonds. The number of aromatic nitrogens is 7. The standard InChI is InChI=1S/C31H36N10O3/c1-2-40-18-34-27(39-40)29-36-24-26(33-16-22(19-9-5-3-6-10-19)20-11-7-4-8-12-20)37-31(35-21-13-14-32-15-21)38-28(24)41(29)30-25(43)23(42)17-44-30/h3-12,18,21-23,25,30,32,42-43H,2,13-17H2,1H3,(H2,33,35,37,38)/t21-,23+,25-,30-/m1/s1. The summed E-state index contributed by atoms with van der Waals surface area (Å²) in [6, 6.07) is 20.9. The van der Waals surface area contributed by atoms with Gasteiger partial charge in [-0.3, -0.25) is 9.25 Å². The summed E-state index contributed by atoms with van der Waals surface area (Å²) in [5.74, 6) is 1.72. The van der Waals surface area contributed by atoms with Crippen molar-refractivity contribution in [3.05, 3.63) is 78.1 Å². The van der Waals surface area contributed by atoms with Crippen LogP contribution in [0.25, 0.3) is 22.8 Å². The molecular weight excluding hydrogens is 560 g/mol. The smallest absolute Gasteiger partial charge is 0.227 e. The summed E-state index contributed by atoms with van der Waals surface area (Å²) in [7, 11) is 0. The van der Waals surface area contributed by atoms with E-state index in [9.17, 15) is 10.2 Å². The Morgan fingerprint density at radius 1 is 1.02 bits per heavy atom. The van der Waals surface area contributed by atoms with Crippen molar-refractivity contribution < 1.29 is 14.9 Å². The highest BCUT2D eigenvalue weighted by atomic mass is 16.5. The Morgan fingerprint density at radius 3 is 2.39 bits per heavy atom. The average molecular weight is 597 g/mol. The summed E-state index contributed by atoms with van der Waals surface area (Å²) in [6.45, 7) is 4.83. The highest BCUT2D eigenvalue weighted by Gasteiger charge is 2.39. The number of aryl methyl sites for hydroxylation is 1. The number of aliphatic hydroxyl groups is 2. The van der Waals surface area contributed by atoms with Crippen molar-refractivity contribution in [2.75, 3.05) is 36.9 Å². The fraction of sp³-hybridized carbons (Fsp3) is 0.387. The highest BCUT2D eigenvalue weighted by Crippen LogP contribution is 2.35. The van der Waals surface area contributed by atoms with E-state index >= 15 is 0 Å². The van der Waals surface area contributed by atoms with Gasteiger partial charge in [-0.05, 0) is 31.0 Å². The number of imidazole rings is 1. The van der Waals surface area contributed by atoms with Gasteiger partial charge in [0.25, 0.3) is 0 Å². The average Bonchev–Trinajstić information content (AvgIpc) is 3.87. The maximum atomic E-state index is 11.0. The number of anilines is 2.